The van der Waals surface area contributed by atoms with Crippen LogP contribution >= 0.6 is 0 Å². The van der Waals surface area contributed by atoms with Crippen LogP contribution in [0, 0.1) is 20.8 Å². The summed E-state index contributed by atoms with van der Waals surface area (Å²) in [4.78, 5) is 12.0. The van der Waals surface area contributed by atoms with Crippen molar-refractivity contribution in [3.8, 4) is 5.69 Å². The lowest BCUT2D eigenvalue weighted by molar-refractivity contribution is 0.0694. The third-order valence-corrected chi connectivity index (χ3v) is 5.61. The Morgan fingerprint density at radius 2 is 1.66 bits per heavy atom. The van der Waals surface area contributed by atoms with Gasteiger partial charge < -0.3 is 15.0 Å². The van der Waals surface area contributed by atoms with Gasteiger partial charge in [-0.05, 0) is 58.2 Å². The first kappa shape index (κ1) is 20.9. The molecule has 0 saturated heterocycles. The van der Waals surface area contributed by atoms with Crippen LogP contribution in [0.4, 0.5) is 0 Å². The Hall–Kier alpha value is -2.85. The highest BCUT2D eigenvalue weighted by Crippen LogP contribution is 2.27. The van der Waals surface area contributed by atoms with E-state index in [2.05, 4.69) is 53.2 Å². The van der Waals surface area contributed by atoms with Gasteiger partial charge in [-0.1, -0.05) is 48.0 Å². The van der Waals surface area contributed by atoms with Crippen LogP contribution in [0.15, 0.2) is 54.6 Å². The zero-order valence-corrected chi connectivity index (χ0v) is 17.7. The minimum atomic E-state index is -0.870. The molecule has 2 N–H and O–H groups in total. The van der Waals surface area contributed by atoms with Crippen LogP contribution in [0.25, 0.3) is 5.69 Å². The number of carboxylic acids is 1. The molecule has 0 saturated carbocycles. The molecule has 0 amide bonds. The summed E-state index contributed by atoms with van der Waals surface area (Å²) in [5.74, 6) is -0.870. The van der Waals surface area contributed by atoms with E-state index in [1.807, 2.05) is 39.0 Å². The lowest BCUT2D eigenvalue weighted by atomic mass is 10.1. The number of carboxylic acid groups (broad SMARTS) is 1. The zero-order chi connectivity index (χ0) is 21.0. The summed E-state index contributed by atoms with van der Waals surface area (Å²) >= 11 is 0. The summed E-state index contributed by atoms with van der Waals surface area (Å²) in [6.07, 6.45) is 2.01. The summed E-state index contributed by atoms with van der Waals surface area (Å²) in [6, 6.07) is 18.9. The van der Waals surface area contributed by atoms with E-state index >= 15 is 0 Å². The molecule has 4 heteroatoms. The van der Waals surface area contributed by atoms with Crippen molar-refractivity contribution in [2.75, 3.05) is 0 Å². The minimum absolute atomic E-state index is 0.291. The Morgan fingerprint density at radius 1 is 1.00 bits per heavy atom. The first-order valence-corrected chi connectivity index (χ1v) is 10.2. The number of benzene rings is 2. The van der Waals surface area contributed by atoms with E-state index in [0.29, 0.717) is 18.2 Å². The molecule has 0 fully saturated rings. The maximum absolute atomic E-state index is 12.0. The predicted molar refractivity (Wildman–Crippen MR) is 118 cm³/mol. The second kappa shape index (κ2) is 9.10. The molecule has 0 unspecified atom stereocenters. The van der Waals surface area contributed by atoms with Crippen molar-refractivity contribution in [3.05, 3.63) is 88.2 Å². The van der Waals surface area contributed by atoms with Crippen molar-refractivity contribution in [2.24, 2.45) is 0 Å². The Balaban J connectivity index is 1.78. The van der Waals surface area contributed by atoms with Gasteiger partial charge in [-0.3, -0.25) is 0 Å². The average molecular weight is 391 g/mol. The normalized spacial score (nSPS) is 12.1. The number of rotatable bonds is 8. The van der Waals surface area contributed by atoms with Gasteiger partial charge >= 0.3 is 5.97 Å². The Kier molecular flexibility index (Phi) is 6.55. The van der Waals surface area contributed by atoms with Crippen LogP contribution in [0.5, 0.6) is 0 Å². The standard InChI is InChI=1S/C25H30N2O2/c1-17-10-14-22(15-11-17)27-19(3)23(24(20(27)4)25(28)29)16-26-18(2)12-13-21-8-6-5-7-9-21/h5-11,14-15,18,26H,12-13,16H2,1-4H3,(H,28,29)/t18-/m0/s1. The Morgan fingerprint density at radius 3 is 2.28 bits per heavy atom. The Labute approximate surface area is 173 Å². The molecule has 1 heterocycles. The number of hydrogen-bond donors (Lipinski definition) is 2. The smallest absolute Gasteiger partial charge is 0.337 e. The van der Waals surface area contributed by atoms with E-state index in [1.54, 1.807) is 0 Å². The van der Waals surface area contributed by atoms with Crippen molar-refractivity contribution in [3.63, 3.8) is 0 Å². The third kappa shape index (κ3) is 4.77. The predicted octanol–water partition coefficient (Wildman–Crippen LogP) is 5.21. The quantitative estimate of drug-likeness (QED) is 0.555. The Bertz CT molecular complexity index is 972. The summed E-state index contributed by atoms with van der Waals surface area (Å²) in [5, 5.41) is 13.4. The van der Waals surface area contributed by atoms with E-state index < -0.39 is 5.97 Å². The minimum Gasteiger partial charge on any atom is -0.478 e. The van der Waals surface area contributed by atoms with Gasteiger partial charge in [-0.25, -0.2) is 4.79 Å². The number of nitrogens with one attached hydrogen (secondary N) is 1. The van der Waals surface area contributed by atoms with Crippen molar-refractivity contribution in [1.29, 1.82) is 0 Å². The number of aromatic nitrogens is 1. The van der Waals surface area contributed by atoms with Gasteiger partial charge in [-0.15, -0.1) is 0 Å². The van der Waals surface area contributed by atoms with Crippen molar-refractivity contribution < 1.29 is 9.90 Å². The van der Waals surface area contributed by atoms with Gasteiger partial charge in [0.1, 0.15) is 0 Å². The SMILES string of the molecule is Cc1ccc(-n2c(C)c(CN[C@@H](C)CCc3ccccc3)c(C(=O)O)c2C)cc1. The molecular weight excluding hydrogens is 360 g/mol. The van der Waals surface area contributed by atoms with Crippen LogP contribution in [-0.2, 0) is 13.0 Å². The summed E-state index contributed by atoms with van der Waals surface area (Å²) in [5.41, 5.74) is 6.53. The van der Waals surface area contributed by atoms with Crippen LogP contribution < -0.4 is 5.32 Å². The molecule has 0 aliphatic rings. The highest BCUT2D eigenvalue weighted by atomic mass is 16.4. The molecule has 0 aliphatic heterocycles. The molecule has 0 aliphatic carbocycles. The highest BCUT2D eigenvalue weighted by molar-refractivity contribution is 5.91. The van der Waals surface area contributed by atoms with Crippen LogP contribution in [0.3, 0.4) is 0 Å². The summed E-state index contributed by atoms with van der Waals surface area (Å²) in [6.45, 7) is 8.64. The van der Waals surface area contributed by atoms with Crippen molar-refractivity contribution >= 4 is 5.97 Å². The average Bonchev–Trinajstić information content (AvgIpc) is 2.96. The molecule has 0 spiro atoms. The molecule has 1 atom stereocenters. The maximum atomic E-state index is 12.0. The van der Waals surface area contributed by atoms with Crippen LogP contribution in [0.1, 0.15) is 51.8 Å². The monoisotopic (exact) mass is 390 g/mol. The molecular formula is C25H30N2O2. The van der Waals surface area contributed by atoms with Crippen molar-refractivity contribution in [1.82, 2.24) is 9.88 Å². The largest absolute Gasteiger partial charge is 0.478 e. The van der Waals surface area contributed by atoms with Crippen LogP contribution in [-0.4, -0.2) is 21.7 Å². The van der Waals surface area contributed by atoms with Crippen LogP contribution in [0.2, 0.25) is 0 Å². The molecule has 152 valence electrons. The van der Waals surface area contributed by atoms with Gasteiger partial charge in [-0.2, -0.15) is 0 Å². The number of nitrogens with zero attached hydrogens (tertiary/aromatic N) is 1. The van der Waals surface area contributed by atoms with Gasteiger partial charge in [0.2, 0.25) is 0 Å². The number of hydrogen-bond acceptors (Lipinski definition) is 2. The van der Waals surface area contributed by atoms with Crippen molar-refractivity contribution in [2.45, 2.75) is 53.1 Å². The first-order valence-electron chi connectivity index (χ1n) is 10.2. The fourth-order valence-corrected chi connectivity index (χ4v) is 3.89. The van der Waals surface area contributed by atoms with E-state index in [4.69, 9.17) is 0 Å². The molecule has 0 radical (unpaired) electrons. The molecule has 2 aromatic carbocycles. The fraction of sp³-hybridized carbons (Fsp3) is 0.320. The second-order valence-corrected chi connectivity index (χ2v) is 7.81. The van der Waals surface area contributed by atoms with Gasteiger partial charge in [0.15, 0.2) is 0 Å². The topological polar surface area (TPSA) is 54.3 Å². The number of aryl methyl sites for hydroxylation is 2. The summed E-state index contributed by atoms with van der Waals surface area (Å²) < 4.78 is 2.05. The molecule has 3 rings (SSSR count). The third-order valence-electron chi connectivity index (χ3n) is 5.61. The first-order chi connectivity index (χ1) is 13.9. The molecule has 4 nitrogen and oxygen atoms in total. The zero-order valence-electron chi connectivity index (χ0n) is 17.7. The van der Waals surface area contributed by atoms with Gasteiger partial charge in [0, 0.05) is 35.2 Å². The van der Waals surface area contributed by atoms with Gasteiger partial charge in [0.05, 0.1) is 5.56 Å². The van der Waals surface area contributed by atoms with E-state index in [9.17, 15) is 9.90 Å². The second-order valence-electron chi connectivity index (χ2n) is 7.81. The molecule has 1 aromatic heterocycles. The lowest BCUT2D eigenvalue weighted by Gasteiger charge is -2.15. The number of carbonyl (C=O) groups is 1. The molecule has 0 bridgehead atoms. The van der Waals surface area contributed by atoms with E-state index in [0.717, 1.165) is 35.5 Å². The number of aromatic carboxylic acids is 1. The van der Waals surface area contributed by atoms with E-state index in [1.165, 1.54) is 11.1 Å². The van der Waals surface area contributed by atoms with E-state index in [-0.39, 0.29) is 0 Å². The lowest BCUT2D eigenvalue weighted by Crippen LogP contribution is -2.27. The maximum Gasteiger partial charge on any atom is 0.337 e. The highest BCUT2D eigenvalue weighted by Gasteiger charge is 2.23. The molecule has 29 heavy (non-hydrogen) atoms. The summed E-state index contributed by atoms with van der Waals surface area (Å²) in [7, 11) is 0. The molecule has 3 aromatic rings. The van der Waals surface area contributed by atoms with Gasteiger partial charge in [0.25, 0.3) is 0 Å². The fourth-order valence-electron chi connectivity index (χ4n) is 3.89.